The first kappa shape index (κ1) is 37.8. The van der Waals surface area contributed by atoms with Gasteiger partial charge in [0.1, 0.15) is 0 Å². The number of para-hydroxylation sites is 1. The van der Waals surface area contributed by atoms with Crippen molar-refractivity contribution in [1.29, 1.82) is 0 Å². The van der Waals surface area contributed by atoms with Crippen LogP contribution in [-0.4, -0.2) is 4.57 Å². The molecule has 2 aliphatic rings. The highest BCUT2D eigenvalue weighted by molar-refractivity contribution is 6.12. The van der Waals surface area contributed by atoms with Crippen LogP contribution in [0.25, 0.3) is 66.4 Å². The molecule has 0 saturated carbocycles. The molecule has 0 radical (unpaired) electrons. The van der Waals surface area contributed by atoms with Crippen molar-refractivity contribution in [2.24, 2.45) is 0 Å². The van der Waals surface area contributed by atoms with Crippen LogP contribution in [0.15, 0.2) is 200 Å². The van der Waals surface area contributed by atoms with Gasteiger partial charge in [-0.3, -0.25) is 0 Å². The molecule has 11 rings (SSSR count). The molecule has 0 aliphatic heterocycles. The van der Waals surface area contributed by atoms with E-state index in [1.807, 2.05) is 0 Å². The lowest BCUT2D eigenvalue weighted by Crippen LogP contribution is -2.20. The van der Waals surface area contributed by atoms with Crippen molar-refractivity contribution in [2.75, 3.05) is 4.90 Å². The van der Waals surface area contributed by atoms with E-state index in [-0.39, 0.29) is 10.8 Å². The fourth-order valence-electron chi connectivity index (χ4n) is 10.6. The van der Waals surface area contributed by atoms with Crippen molar-refractivity contribution in [3.05, 3.63) is 222 Å². The summed E-state index contributed by atoms with van der Waals surface area (Å²) < 4.78 is 2.45. The molecule has 2 aliphatic carbocycles. The van der Waals surface area contributed by atoms with Crippen LogP contribution < -0.4 is 4.90 Å². The first-order chi connectivity index (χ1) is 30.1. The van der Waals surface area contributed by atoms with Gasteiger partial charge >= 0.3 is 0 Å². The van der Waals surface area contributed by atoms with Gasteiger partial charge in [0.05, 0.1) is 16.7 Å². The first-order valence-corrected chi connectivity index (χ1v) is 22.0. The highest BCUT2D eigenvalue weighted by Gasteiger charge is 2.39. The predicted molar refractivity (Wildman–Crippen MR) is 264 cm³/mol. The highest BCUT2D eigenvalue weighted by atomic mass is 15.1. The molecule has 300 valence electrons. The van der Waals surface area contributed by atoms with E-state index < -0.39 is 0 Å². The fourth-order valence-corrected chi connectivity index (χ4v) is 10.6. The number of aromatic nitrogens is 1. The first-order valence-electron chi connectivity index (χ1n) is 22.0. The molecule has 1 heterocycles. The van der Waals surface area contributed by atoms with Crippen LogP contribution in [-0.2, 0) is 10.8 Å². The Morgan fingerprint density at radius 3 is 1.74 bits per heavy atom. The van der Waals surface area contributed by atoms with Gasteiger partial charge in [0.2, 0.25) is 0 Å². The van der Waals surface area contributed by atoms with Gasteiger partial charge in [0.15, 0.2) is 0 Å². The number of hydrogen-bond donors (Lipinski definition) is 0. The number of rotatable bonds is 7. The van der Waals surface area contributed by atoms with Crippen LogP contribution in [0.4, 0.5) is 17.1 Å². The summed E-state index contributed by atoms with van der Waals surface area (Å²) >= 11 is 0. The summed E-state index contributed by atoms with van der Waals surface area (Å²) in [5, 5.41) is 2.54. The second-order valence-electron chi connectivity index (χ2n) is 18.1. The van der Waals surface area contributed by atoms with Crippen molar-refractivity contribution >= 4 is 44.4 Å². The molecule has 2 nitrogen and oxygen atoms in total. The normalized spacial score (nSPS) is 14.7. The zero-order valence-electron chi connectivity index (χ0n) is 36.4. The Balaban J connectivity index is 1.06. The number of allylic oxidation sites excluding steroid dienone is 4. The molecular weight excluding hydrogens is 749 g/mol. The smallest absolute Gasteiger partial charge is 0.0544 e. The maximum absolute atomic E-state index is 2.47. The van der Waals surface area contributed by atoms with Gasteiger partial charge in [-0.2, -0.15) is 0 Å². The van der Waals surface area contributed by atoms with Crippen molar-refractivity contribution in [3.63, 3.8) is 0 Å². The van der Waals surface area contributed by atoms with Gasteiger partial charge in [0.25, 0.3) is 0 Å². The highest BCUT2D eigenvalue weighted by Crippen LogP contribution is 2.54. The number of benzene rings is 8. The van der Waals surface area contributed by atoms with Crippen LogP contribution in [0.3, 0.4) is 0 Å². The summed E-state index contributed by atoms with van der Waals surface area (Å²) in [6.45, 7) is 13.9. The van der Waals surface area contributed by atoms with Crippen LogP contribution in [0.5, 0.6) is 0 Å². The van der Waals surface area contributed by atoms with Crippen molar-refractivity contribution < 1.29 is 0 Å². The van der Waals surface area contributed by atoms with E-state index in [0.29, 0.717) is 0 Å². The lowest BCUT2D eigenvalue weighted by Gasteiger charge is -2.32. The molecule has 0 atom stereocenters. The Hall–Kier alpha value is -7.16. The predicted octanol–water partition coefficient (Wildman–Crippen LogP) is 16.5. The van der Waals surface area contributed by atoms with Gasteiger partial charge in [-0.15, -0.1) is 0 Å². The third-order valence-corrected chi connectivity index (χ3v) is 14.0. The van der Waals surface area contributed by atoms with Crippen molar-refractivity contribution in [3.8, 4) is 39.1 Å². The van der Waals surface area contributed by atoms with Crippen LogP contribution >= 0.6 is 0 Å². The minimum atomic E-state index is -0.170. The lowest BCUT2D eigenvalue weighted by atomic mass is 9.81. The summed E-state index contributed by atoms with van der Waals surface area (Å²) in [6.07, 6.45) is 4.47. The van der Waals surface area contributed by atoms with Gasteiger partial charge in [0, 0.05) is 38.7 Å². The zero-order valence-corrected chi connectivity index (χ0v) is 36.4. The number of nitrogens with zero attached hydrogens (tertiary/aromatic N) is 2. The van der Waals surface area contributed by atoms with Gasteiger partial charge in [-0.05, 0) is 142 Å². The molecule has 0 bridgehead atoms. The maximum Gasteiger partial charge on any atom is 0.0544 e. The summed E-state index contributed by atoms with van der Waals surface area (Å²) in [5.41, 5.74) is 22.6. The summed E-state index contributed by atoms with van der Waals surface area (Å²) in [4.78, 5) is 2.46. The molecule has 62 heavy (non-hydrogen) atoms. The van der Waals surface area contributed by atoms with Crippen LogP contribution in [0.2, 0.25) is 0 Å². The minimum absolute atomic E-state index is 0.0549. The summed E-state index contributed by atoms with van der Waals surface area (Å²) in [5.74, 6) is 0. The lowest BCUT2D eigenvalue weighted by molar-refractivity contribution is 0.640. The number of fused-ring (bicyclic) bond motifs is 7. The Kier molecular flexibility index (Phi) is 8.67. The Morgan fingerprint density at radius 1 is 0.468 bits per heavy atom. The number of anilines is 3. The van der Waals surface area contributed by atoms with Crippen LogP contribution in [0, 0.1) is 0 Å². The molecule has 0 amide bonds. The second kappa shape index (κ2) is 14.2. The fraction of sp³-hybridized carbons (Fsp3) is 0.133. The molecule has 0 spiro atoms. The summed E-state index contributed by atoms with van der Waals surface area (Å²) in [7, 11) is 0. The molecule has 2 heteroatoms. The Bertz CT molecular complexity index is 3270. The third kappa shape index (κ3) is 5.70. The van der Waals surface area contributed by atoms with E-state index in [9.17, 15) is 0 Å². The SMILES string of the molecule is C/C=C\C1=C(C)C(C)(C)c2cc3c(cc21)c1cc(-c2ccc(N(c4ccc(-c5ccccc5)cc4)c4cccc5c4C(C)(C)c4ccccc4-5)cc2)ccc1n3-c1ccccc1. The van der Waals surface area contributed by atoms with Gasteiger partial charge in [-0.1, -0.05) is 161 Å². The Labute approximate surface area is 365 Å². The molecule has 1 aromatic heterocycles. The van der Waals surface area contributed by atoms with E-state index in [2.05, 4.69) is 245 Å². The van der Waals surface area contributed by atoms with E-state index in [1.54, 1.807) is 0 Å². The Morgan fingerprint density at radius 2 is 1.05 bits per heavy atom. The topological polar surface area (TPSA) is 8.17 Å². The van der Waals surface area contributed by atoms with Crippen molar-refractivity contribution in [2.45, 2.75) is 52.4 Å². The quantitative estimate of drug-likeness (QED) is 0.156. The van der Waals surface area contributed by atoms with E-state index >= 15 is 0 Å². The average Bonchev–Trinajstić information content (AvgIpc) is 3.83. The van der Waals surface area contributed by atoms with Crippen LogP contribution in [0.1, 0.15) is 63.8 Å². The standard InChI is InChI=1S/C60H50N2/c1-7-17-47-39(2)59(3,4)54-38-57-52(37-50(47)54)51-36-43(30-35-55(51)62(57)44-20-12-9-13-21-44)42-28-33-46(34-29-42)61(45-31-26-41(27-32-45)40-18-10-8-11-19-40)56-25-16-23-49-48-22-14-15-24-53(48)60(5,6)58(49)56/h7-38H,1-6H3/b17-7-. The minimum Gasteiger partial charge on any atom is -0.310 e. The maximum atomic E-state index is 2.47. The molecule has 0 N–H and O–H groups in total. The third-order valence-electron chi connectivity index (χ3n) is 14.0. The molecule has 9 aromatic rings. The van der Waals surface area contributed by atoms with Crippen molar-refractivity contribution in [1.82, 2.24) is 4.57 Å². The molecular formula is C60H50N2. The largest absolute Gasteiger partial charge is 0.310 e. The molecule has 8 aromatic carbocycles. The zero-order chi connectivity index (χ0) is 42.3. The van der Waals surface area contributed by atoms with E-state index in [0.717, 1.165) is 11.4 Å². The molecule has 0 fully saturated rings. The second-order valence-corrected chi connectivity index (χ2v) is 18.1. The van der Waals surface area contributed by atoms with E-state index in [4.69, 9.17) is 0 Å². The number of hydrogen-bond acceptors (Lipinski definition) is 1. The molecule has 0 unspecified atom stereocenters. The monoisotopic (exact) mass is 798 g/mol. The van der Waals surface area contributed by atoms with E-state index in [1.165, 1.54) is 100.0 Å². The van der Waals surface area contributed by atoms with Gasteiger partial charge in [-0.25, -0.2) is 0 Å². The summed E-state index contributed by atoms with van der Waals surface area (Å²) in [6, 6.07) is 67.5. The average molecular weight is 799 g/mol. The molecule has 0 saturated heterocycles. The van der Waals surface area contributed by atoms with Gasteiger partial charge < -0.3 is 9.47 Å².